The molecule has 0 spiro atoms. The van der Waals surface area contributed by atoms with Crippen LogP contribution >= 0.6 is 0 Å². The van der Waals surface area contributed by atoms with Gasteiger partial charge in [-0.25, -0.2) is 0 Å². The zero-order valence-electron chi connectivity index (χ0n) is 14.1. The van der Waals surface area contributed by atoms with E-state index in [1.54, 1.807) is 0 Å². The van der Waals surface area contributed by atoms with Crippen molar-refractivity contribution in [1.82, 2.24) is 10.2 Å². The van der Waals surface area contributed by atoms with Crippen LogP contribution in [0.4, 0.5) is 0 Å². The van der Waals surface area contributed by atoms with Crippen LogP contribution in [0.5, 0.6) is 0 Å². The molecule has 1 heterocycles. The molecule has 20 heavy (non-hydrogen) atoms. The van der Waals surface area contributed by atoms with Crippen LogP contribution in [0.2, 0.25) is 0 Å². The van der Waals surface area contributed by atoms with Crippen LogP contribution in [0.1, 0.15) is 78.6 Å². The minimum Gasteiger partial charge on any atom is -0.314 e. The summed E-state index contributed by atoms with van der Waals surface area (Å²) in [5.74, 6) is 0. The Morgan fingerprint density at radius 3 is 2.00 bits per heavy atom. The van der Waals surface area contributed by atoms with Crippen LogP contribution in [-0.2, 0) is 0 Å². The first-order valence-corrected chi connectivity index (χ1v) is 9.20. The highest BCUT2D eigenvalue weighted by molar-refractivity contribution is 4.98. The quantitative estimate of drug-likeness (QED) is 0.717. The number of rotatable bonds is 8. The number of nitrogens with one attached hydrogen (secondary N) is 1. The van der Waals surface area contributed by atoms with Crippen molar-refractivity contribution in [3.63, 3.8) is 0 Å². The van der Waals surface area contributed by atoms with Crippen molar-refractivity contribution in [3.8, 4) is 0 Å². The Kier molecular flexibility index (Phi) is 6.35. The molecule has 118 valence electrons. The molecule has 1 aliphatic carbocycles. The summed E-state index contributed by atoms with van der Waals surface area (Å²) >= 11 is 0. The highest BCUT2D eigenvalue weighted by atomic mass is 15.2. The van der Waals surface area contributed by atoms with Gasteiger partial charge in [0.25, 0.3) is 0 Å². The first-order chi connectivity index (χ1) is 9.73. The Bertz CT molecular complexity index is 255. The first-order valence-electron chi connectivity index (χ1n) is 9.20. The topological polar surface area (TPSA) is 15.3 Å². The molecule has 1 saturated heterocycles. The third-order valence-electron chi connectivity index (χ3n) is 5.53. The maximum Gasteiger partial charge on any atom is 0.00968 e. The van der Waals surface area contributed by atoms with Crippen molar-refractivity contribution in [1.29, 1.82) is 0 Å². The van der Waals surface area contributed by atoms with E-state index in [1.807, 2.05) is 0 Å². The fourth-order valence-corrected chi connectivity index (χ4v) is 4.57. The number of hydrogen-bond acceptors (Lipinski definition) is 2. The molecule has 2 rings (SSSR count). The van der Waals surface area contributed by atoms with E-state index in [4.69, 9.17) is 0 Å². The molecule has 2 nitrogen and oxygen atoms in total. The molecule has 1 aliphatic heterocycles. The molecule has 0 radical (unpaired) electrons. The highest BCUT2D eigenvalue weighted by Gasteiger charge is 2.44. The van der Waals surface area contributed by atoms with E-state index in [0.717, 1.165) is 12.1 Å². The maximum absolute atomic E-state index is 3.71. The molecule has 2 fully saturated rings. The third-order valence-corrected chi connectivity index (χ3v) is 5.53. The summed E-state index contributed by atoms with van der Waals surface area (Å²) in [4.78, 5) is 2.81. The molecular weight excluding hydrogens is 244 g/mol. The van der Waals surface area contributed by atoms with Gasteiger partial charge in [0.1, 0.15) is 0 Å². The lowest BCUT2D eigenvalue weighted by Crippen LogP contribution is -2.60. The summed E-state index contributed by atoms with van der Waals surface area (Å²) in [5.41, 5.74) is 0.695. The molecule has 0 bridgehead atoms. The van der Waals surface area contributed by atoms with Gasteiger partial charge in [0.05, 0.1) is 0 Å². The second kappa shape index (κ2) is 7.79. The smallest absolute Gasteiger partial charge is 0.00968 e. The van der Waals surface area contributed by atoms with Crippen molar-refractivity contribution >= 4 is 0 Å². The summed E-state index contributed by atoms with van der Waals surface area (Å²) in [7, 11) is 0. The molecule has 0 aromatic heterocycles. The molecule has 2 heteroatoms. The van der Waals surface area contributed by atoms with Gasteiger partial charge in [0, 0.05) is 25.2 Å². The van der Waals surface area contributed by atoms with E-state index in [0.29, 0.717) is 5.41 Å². The van der Waals surface area contributed by atoms with Gasteiger partial charge in [-0.1, -0.05) is 33.6 Å². The van der Waals surface area contributed by atoms with E-state index in [1.165, 1.54) is 77.4 Å². The Morgan fingerprint density at radius 1 is 0.900 bits per heavy atom. The predicted molar refractivity (Wildman–Crippen MR) is 88.2 cm³/mol. The summed E-state index contributed by atoms with van der Waals surface area (Å²) in [6, 6.07) is 1.71. The van der Waals surface area contributed by atoms with Gasteiger partial charge in [0.2, 0.25) is 0 Å². The van der Waals surface area contributed by atoms with E-state index in [9.17, 15) is 0 Å². The molecular formula is C18H36N2. The Morgan fingerprint density at radius 2 is 1.50 bits per heavy atom. The Hall–Kier alpha value is -0.0800. The van der Waals surface area contributed by atoms with Gasteiger partial charge in [-0.15, -0.1) is 0 Å². The average molecular weight is 280 g/mol. The molecule has 0 aromatic carbocycles. The molecule has 0 amide bonds. The first kappa shape index (κ1) is 16.3. The van der Waals surface area contributed by atoms with Crippen LogP contribution in [0.25, 0.3) is 0 Å². The Labute approximate surface area is 126 Å². The molecule has 0 atom stereocenters. The zero-order chi connectivity index (χ0) is 14.4. The molecule has 1 N–H and O–H groups in total. The van der Waals surface area contributed by atoms with Crippen LogP contribution in [-0.4, -0.2) is 36.6 Å². The molecule has 2 aliphatic rings. The minimum absolute atomic E-state index is 0.695. The van der Waals surface area contributed by atoms with Crippen molar-refractivity contribution in [3.05, 3.63) is 0 Å². The van der Waals surface area contributed by atoms with Crippen LogP contribution in [0, 0.1) is 5.41 Å². The molecule has 1 saturated carbocycles. The lowest BCUT2D eigenvalue weighted by molar-refractivity contribution is -0.0542. The van der Waals surface area contributed by atoms with E-state index >= 15 is 0 Å². The maximum atomic E-state index is 3.71. The standard InChI is InChI=1S/C18H36N2/c1-4-11-18(12-5-2)14-20(15-18)17-9-7-16(8-10-17)19-13-6-3/h16-17,19H,4-15H2,1-3H3. The number of nitrogens with zero attached hydrogens (tertiary/aromatic N) is 1. The lowest BCUT2D eigenvalue weighted by atomic mass is 9.71. The van der Waals surface area contributed by atoms with E-state index in [2.05, 4.69) is 31.0 Å². The van der Waals surface area contributed by atoms with E-state index < -0.39 is 0 Å². The van der Waals surface area contributed by atoms with Crippen LogP contribution in [0.3, 0.4) is 0 Å². The van der Waals surface area contributed by atoms with Crippen molar-refractivity contribution in [2.24, 2.45) is 5.41 Å². The SMILES string of the molecule is CCCNC1CCC(N2CC(CCC)(CCC)C2)CC1. The van der Waals surface area contributed by atoms with E-state index in [-0.39, 0.29) is 0 Å². The number of hydrogen-bond donors (Lipinski definition) is 1. The predicted octanol–water partition coefficient (Wildman–Crippen LogP) is 4.20. The summed E-state index contributed by atoms with van der Waals surface area (Å²) in [5, 5.41) is 3.71. The monoisotopic (exact) mass is 280 g/mol. The minimum atomic E-state index is 0.695. The molecule has 0 unspecified atom stereocenters. The average Bonchev–Trinajstić information content (AvgIpc) is 2.43. The summed E-state index contributed by atoms with van der Waals surface area (Å²) in [6.45, 7) is 11.0. The highest BCUT2D eigenvalue weighted by Crippen LogP contribution is 2.42. The van der Waals surface area contributed by atoms with Gasteiger partial charge < -0.3 is 5.32 Å². The third kappa shape index (κ3) is 3.98. The molecule has 0 aromatic rings. The largest absolute Gasteiger partial charge is 0.314 e. The zero-order valence-corrected chi connectivity index (χ0v) is 14.1. The van der Waals surface area contributed by atoms with Crippen molar-refractivity contribution in [2.45, 2.75) is 90.6 Å². The second-order valence-electron chi connectivity index (χ2n) is 7.36. The summed E-state index contributed by atoms with van der Waals surface area (Å²) < 4.78 is 0. The van der Waals surface area contributed by atoms with Gasteiger partial charge in [0.15, 0.2) is 0 Å². The number of likely N-dealkylation sites (tertiary alicyclic amines) is 1. The van der Waals surface area contributed by atoms with Gasteiger partial charge in [-0.2, -0.15) is 0 Å². The van der Waals surface area contributed by atoms with Crippen molar-refractivity contribution in [2.75, 3.05) is 19.6 Å². The Balaban J connectivity index is 1.71. The lowest BCUT2D eigenvalue weighted by Gasteiger charge is -2.55. The van der Waals surface area contributed by atoms with Crippen molar-refractivity contribution < 1.29 is 0 Å². The normalized spacial score (nSPS) is 30.1. The summed E-state index contributed by atoms with van der Waals surface area (Å²) in [6.07, 6.45) is 12.5. The second-order valence-corrected chi connectivity index (χ2v) is 7.36. The van der Waals surface area contributed by atoms with Gasteiger partial charge >= 0.3 is 0 Å². The van der Waals surface area contributed by atoms with Crippen LogP contribution < -0.4 is 5.32 Å². The van der Waals surface area contributed by atoms with Gasteiger partial charge in [-0.3, -0.25) is 4.90 Å². The fraction of sp³-hybridized carbons (Fsp3) is 1.00. The van der Waals surface area contributed by atoms with Gasteiger partial charge in [-0.05, 0) is 56.9 Å². The fourth-order valence-electron chi connectivity index (χ4n) is 4.57. The van der Waals surface area contributed by atoms with Crippen LogP contribution in [0.15, 0.2) is 0 Å².